The van der Waals surface area contributed by atoms with Crippen molar-refractivity contribution in [3.63, 3.8) is 0 Å². The summed E-state index contributed by atoms with van der Waals surface area (Å²) in [5.41, 5.74) is 0. The van der Waals surface area contributed by atoms with Crippen LogP contribution >= 0.6 is 0 Å². The highest BCUT2D eigenvalue weighted by atomic mass is 16.3. The maximum absolute atomic E-state index is 11.5. The summed E-state index contributed by atoms with van der Waals surface area (Å²) < 4.78 is 4.88. The molecule has 15 heavy (non-hydrogen) atoms. The average Bonchev–Trinajstić information content (AvgIpc) is 2.82. The van der Waals surface area contributed by atoms with Crippen LogP contribution in [-0.4, -0.2) is 29.0 Å². The molecule has 0 N–H and O–H groups in total. The summed E-state index contributed by atoms with van der Waals surface area (Å²) in [5, 5.41) is 0. The Morgan fingerprint density at radius 1 is 1.33 bits per heavy atom. The number of nitrogens with zero attached hydrogens (tertiary/aromatic N) is 1. The molecule has 2 amide bonds. The van der Waals surface area contributed by atoms with Crippen LogP contribution in [0.4, 0.5) is 0 Å². The molecule has 0 bridgehead atoms. The Bertz CT molecular complexity index is 391. The number of likely N-dealkylation sites (tertiary alicyclic amines) is 1. The topological polar surface area (TPSA) is 67.6 Å². The predicted molar refractivity (Wildman–Crippen MR) is 49.0 cm³/mol. The smallest absolute Gasteiger partial charge is 0.230 e. The van der Waals surface area contributed by atoms with Crippen LogP contribution in [0.2, 0.25) is 0 Å². The van der Waals surface area contributed by atoms with Crippen LogP contribution in [-0.2, 0) is 9.59 Å². The number of rotatable bonds is 3. The van der Waals surface area contributed by atoms with Gasteiger partial charge in [-0.1, -0.05) is 0 Å². The Hall–Kier alpha value is -1.91. The lowest BCUT2D eigenvalue weighted by atomic mass is 10.3. The van der Waals surface area contributed by atoms with Crippen LogP contribution in [0.25, 0.3) is 0 Å². The molecule has 0 atom stereocenters. The fourth-order valence-corrected chi connectivity index (χ4v) is 1.46. The van der Waals surface area contributed by atoms with E-state index in [2.05, 4.69) is 0 Å². The summed E-state index contributed by atoms with van der Waals surface area (Å²) in [5.74, 6) is -0.772. The highest BCUT2D eigenvalue weighted by Gasteiger charge is 2.31. The molecule has 1 saturated heterocycles. The third-order valence-corrected chi connectivity index (χ3v) is 2.25. The molecule has 5 heteroatoms. The molecule has 0 saturated carbocycles. The monoisotopic (exact) mass is 207 g/mol. The molecule has 0 radical (unpaired) electrons. The summed E-state index contributed by atoms with van der Waals surface area (Å²) in [7, 11) is 0. The maximum Gasteiger partial charge on any atom is 0.230 e. The SMILES string of the molecule is O=C(CN1C(=O)CCC1=O)c1ccco1. The van der Waals surface area contributed by atoms with Gasteiger partial charge < -0.3 is 4.42 Å². The fourth-order valence-electron chi connectivity index (χ4n) is 1.46. The molecule has 0 aliphatic carbocycles. The molecule has 1 fully saturated rings. The first kappa shape index (κ1) is 9.64. The molecule has 0 aromatic carbocycles. The van der Waals surface area contributed by atoms with E-state index in [1.165, 1.54) is 12.3 Å². The molecule has 1 aromatic rings. The highest BCUT2D eigenvalue weighted by molar-refractivity contribution is 6.07. The summed E-state index contributed by atoms with van der Waals surface area (Å²) in [4.78, 5) is 34.9. The van der Waals surface area contributed by atoms with Crippen LogP contribution in [0.3, 0.4) is 0 Å². The minimum atomic E-state index is -0.358. The number of carbonyl (C=O) groups is 3. The number of amides is 2. The predicted octanol–water partition coefficient (Wildman–Crippen LogP) is 0.611. The molecule has 78 valence electrons. The van der Waals surface area contributed by atoms with Gasteiger partial charge in [0.15, 0.2) is 5.76 Å². The third kappa shape index (κ3) is 1.81. The molecule has 5 nitrogen and oxygen atoms in total. The molecule has 0 spiro atoms. The van der Waals surface area contributed by atoms with Crippen molar-refractivity contribution in [2.24, 2.45) is 0 Å². The van der Waals surface area contributed by atoms with E-state index in [1.54, 1.807) is 6.07 Å². The largest absolute Gasteiger partial charge is 0.461 e. The second-order valence-electron chi connectivity index (χ2n) is 3.27. The zero-order valence-electron chi connectivity index (χ0n) is 7.93. The molecule has 2 rings (SSSR count). The lowest BCUT2D eigenvalue weighted by molar-refractivity contribution is -0.137. The summed E-state index contributed by atoms with van der Waals surface area (Å²) in [6.45, 7) is -0.217. The summed E-state index contributed by atoms with van der Waals surface area (Å²) in [6.07, 6.45) is 1.77. The van der Waals surface area contributed by atoms with E-state index in [1.807, 2.05) is 0 Å². The Morgan fingerprint density at radius 3 is 2.53 bits per heavy atom. The van der Waals surface area contributed by atoms with Crippen molar-refractivity contribution in [2.45, 2.75) is 12.8 Å². The number of hydrogen-bond donors (Lipinski definition) is 0. The Morgan fingerprint density at radius 2 is 2.00 bits per heavy atom. The van der Waals surface area contributed by atoms with E-state index in [9.17, 15) is 14.4 Å². The molecule has 1 aromatic heterocycles. The second-order valence-corrected chi connectivity index (χ2v) is 3.27. The second kappa shape index (κ2) is 3.68. The van der Waals surface area contributed by atoms with Crippen LogP contribution in [0.5, 0.6) is 0 Å². The quantitative estimate of drug-likeness (QED) is 0.538. The first-order valence-corrected chi connectivity index (χ1v) is 4.58. The van der Waals surface area contributed by atoms with Gasteiger partial charge in [0.2, 0.25) is 17.6 Å². The van der Waals surface area contributed by atoms with E-state index in [0.717, 1.165) is 4.90 Å². The van der Waals surface area contributed by atoms with E-state index in [0.29, 0.717) is 0 Å². The maximum atomic E-state index is 11.5. The van der Waals surface area contributed by atoms with Gasteiger partial charge in [-0.05, 0) is 12.1 Å². The molecule has 1 aliphatic rings. The lowest BCUT2D eigenvalue weighted by Crippen LogP contribution is -2.34. The molecule has 1 aliphatic heterocycles. The molecular formula is C10H9NO4. The fraction of sp³-hybridized carbons (Fsp3) is 0.300. The zero-order valence-corrected chi connectivity index (χ0v) is 7.93. The van der Waals surface area contributed by atoms with Gasteiger partial charge in [0.05, 0.1) is 12.8 Å². The van der Waals surface area contributed by atoms with Crippen LogP contribution in [0.1, 0.15) is 23.4 Å². The molecule has 0 unspecified atom stereocenters. The number of imide groups is 1. The minimum absolute atomic E-state index is 0.169. The lowest BCUT2D eigenvalue weighted by Gasteiger charge is -2.10. The van der Waals surface area contributed by atoms with Crippen molar-refractivity contribution >= 4 is 17.6 Å². The number of ketones is 1. The van der Waals surface area contributed by atoms with Gasteiger partial charge in [-0.15, -0.1) is 0 Å². The Labute approximate surface area is 85.7 Å². The van der Waals surface area contributed by atoms with Gasteiger partial charge in [-0.3, -0.25) is 19.3 Å². The first-order chi connectivity index (χ1) is 7.18. The van der Waals surface area contributed by atoms with Gasteiger partial charge in [-0.2, -0.15) is 0 Å². The van der Waals surface area contributed by atoms with Crippen molar-refractivity contribution in [3.05, 3.63) is 24.2 Å². The van der Waals surface area contributed by atoms with Gasteiger partial charge >= 0.3 is 0 Å². The number of furan rings is 1. The van der Waals surface area contributed by atoms with Crippen molar-refractivity contribution in [2.75, 3.05) is 6.54 Å². The van der Waals surface area contributed by atoms with E-state index in [-0.39, 0.29) is 42.7 Å². The van der Waals surface area contributed by atoms with E-state index in [4.69, 9.17) is 4.42 Å². The highest BCUT2D eigenvalue weighted by Crippen LogP contribution is 2.12. The van der Waals surface area contributed by atoms with Gasteiger partial charge in [0.1, 0.15) is 0 Å². The van der Waals surface area contributed by atoms with E-state index < -0.39 is 0 Å². The van der Waals surface area contributed by atoms with Crippen LogP contribution < -0.4 is 0 Å². The van der Waals surface area contributed by atoms with E-state index >= 15 is 0 Å². The van der Waals surface area contributed by atoms with Crippen molar-refractivity contribution < 1.29 is 18.8 Å². The van der Waals surface area contributed by atoms with Crippen molar-refractivity contribution in [1.29, 1.82) is 0 Å². The third-order valence-electron chi connectivity index (χ3n) is 2.25. The van der Waals surface area contributed by atoms with Crippen molar-refractivity contribution in [1.82, 2.24) is 4.90 Å². The van der Waals surface area contributed by atoms with Gasteiger partial charge in [0.25, 0.3) is 0 Å². The minimum Gasteiger partial charge on any atom is -0.461 e. The normalized spacial score (nSPS) is 16.1. The molecule has 2 heterocycles. The number of carbonyl (C=O) groups excluding carboxylic acids is 3. The number of Topliss-reactive ketones (excluding diaryl/α,β-unsaturated/α-hetero) is 1. The average molecular weight is 207 g/mol. The van der Waals surface area contributed by atoms with Gasteiger partial charge in [-0.25, -0.2) is 0 Å². The Kier molecular flexibility index (Phi) is 2.37. The number of hydrogen-bond acceptors (Lipinski definition) is 4. The first-order valence-electron chi connectivity index (χ1n) is 4.58. The molecular weight excluding hydrogens is 198 g/mol. The summed E-state index contributed by atoms with van der Waals surface area (Å²) in [6, 6.07) is 3.09. The Balaban J connectivity index is 2.06. The van der Waals surface area contributed by atoms with Crippen LogP contribution in [0.15, 0.2) is 22.8 Å². The standard InChI is InChI=1S/C10H9NO4/c12-7(8-2-1-5-15-8)6-11-9(13)3-4-10(11)14/h1-2,5H,3-4,6H2. The van der Waals surface area contributed by atoms with Crippen LogP contribution in [0, 0.1) is 0 Å². The van der Waals surface area contributed by atoms with Gasteiger partial charge in [0, 0.05) is 12.8 Å². The summed E-state index contributed by atoms with van der Waals surface area (Å²) >= 11 is 0. The zero-order chi connectivity index (χ0) is 10.8. The van der Waals surface area contributed by atoms with Crippen molar-refractivity contribution in [3.8, 4) is 0 Å².